The smallest absolute Gasteiger partial charge is 0.258 e. The van der Waals surface area contributed by atoms with Crippen molar-refractivity contribution < 1.29 is 15.1 Å². The van der Waals surface area contributed by atoms with E-state index in [1.807, 2.05) is 0 Å². The summed E-state index contributed by atoms with van der Waals surface area (Å²) in [5.41, 5.74) is 5.54. The number of carbonyl (C=O) groups excluding carboxylic acids is 1. The topological polar surface area (TPSA) is 99.1 Å². The molecule has 0 atom stereocenters. The van der Waals surface area contributed by atoms with Crippen LogP contribution in [-0.2, 0) is 0 Å². The molecule has 0 saturated carbocycles. The highest BCUT2D eigenvalue weighted by Crippen LogP contribution is 2.17. The first-order chi connectivity index (χ1) is 8.10. The van der Waals surface area contributed by atoms with Gasteiger partial charge < -0.3 is 20.9 Å². The first-order valence-electron chi connectivity index (χ1n) is 5.13. The van der Waals surface area contributed by atoms with Crippen LogP contribution in [0, 0.1) is 0 Å². The zero-order chi connectivity index (χ0) is 12.8. The zero-order valence-electron chi connectivity index (χ0n) is 9.50. The molecule has 1 amide bonds. The van der Waals surface area contributed by atoms with Gasteiger partial charge in [-0.15, -0.1) is 0 Å². The number of amides is 1. The summed E-state index contributed by atoms with van der Waals surface area (Å²) in [6.07, 6.45) is 0. The molecule has 1 aromatic rings. The van der Waals surface area contributed by atoms with Gasteiger partial charge in [0.15, 0.2) is 5.84 Å². The molecule has 0 spiro atoms. The van der Waals surface area contributed by atoms with Gasteiger partial charge in [-0.25, -0.2) is 0 Å². The second kappa shape index (κ2) is 5.74. The Bertz CT molecular complexity index is 432. The Kier molecular flexibility index (Phi) is 4.33. The Hall–Kier alpha value is -2.24. The van der Waals surface area contributed by atoms with E-state index in [4.69, 9.17) is 10.9 Å². The van der Waals surface area contributed by atoms with Gasteiger partial charge in [-0.3, -0.25) is 4.79 Å². The van der Waals surface area contributed by atoms with Gasteiger partial charge in [0, 0.05) is 6.54 Å². The van der Waals surface area contributed by atoms with Gasteiger partial charge in [-0.05, 0) is 19.1 Å². The van der Waals surface area contributed by atoms with Gasteiger partial charge in [-0.1, -0.05) is 17.3 Å². The summed E-state index contributed by atoms with van der Waals surface area (Å²) < 4.78 is 0. The lowest BCUT2D eigenvalue weighted by Gasteiger charge is -2.20. The van der Waals surface area contributed by atoms with Crippen molar-refractivity contribution in [3.05, 3.63) is 29.8 Å². The quantitative estimate of drug-likeness (QED) is 0.309. The highest BCUT2D eigenvalue weighted by Gasteiger charge is 2.18. The Morgan fingerprint density at radius 2 is 2.12 bits per heavy atom. The average molecular weight is 237 g/mol. The molecule has 0 unspecified atom stereocenters. The van der Waals surface area contributed by atoms with Crippen LogP contribution in [0.2, 0.25) is 0 Å². The average Bonchev–Trinajstić information content (AvgIpc) is 2.35. The van der Waals surface area contributed by atoms with E-state index >= 15 is 0 Å². The number of hydrogen-bond donors (Lipinski definition) is 3. The summed E-state index contributed by atoms with van der Waals surface area (Å²) in [4.78, 5) is 13.4. The lowest BCUT2D eigenvalue weighted by molar-refractivity contribution is 0.0783. The summed E-state index contributed by atoms with van der Waals surface area (Å²) in [6, 6.07) is 6.24. The van der Waals surface area contributed by atoms with Crippen LogP contribution in [0.5, 0.6) is 5.75 Å². The standard InChI is InChI=1S/C11H15N3O3/c1-2-14(7-10(12)13-17)11(16)8-5-3-4-6-9(8)15/h3-6,15,17H,2,7H2,1H3,(H2,12,13). The first-order valence-corrected chi connectivity index (χ1v) is 5.13. The molecule has 17 heavy (non-hydrogen) atoms. The summed E-state index contributed by atoms with van der Waals surface area (Å²) >= 11 is 0. The predicted octanol–water partition coefficient (Wildman–Crippen LogP) is 0.601. The van der Waals surface area contributed by atoms with Crippen LogP contribution in [0.25, 0.3) is 0 Å². The largest absolute Gasteiger partial charge is 0.507 e. The van der Waals surface area contributed by atoms with Crippen molar-refractivity contribution in [2.75, 3.05) is 13.1 Å². The number of amidine groups is 1. The van der Waals surface area contributed by atoms with E-state index in [0.29, 0.717) is 6.54 Å². The van der Waals surface area contributed by atoms with Crippen molar-refractivity contribution in [1.29, 1.82) is 0 Å². The van der Waals surface area contributed by atoms with E-state index in [-0.39, 0.29) is 29.6 Å². The lowest BCUT2D eigenvalue weighted by Crippen LogP contribution is -2.38. The highest BCUT2D eigenvalue weighted by atomic mass is 16.4. The number of rotatable bonds is 4. The molecule has 0 aliphatic rings. The van der Waals surface area contributed by atoms with Crippen LogP contribution in [0.4, 0.5) is 0 Å². The molecule has 92 valence electrons. The van der Waals surface area contributed by atoms with Gasteiger partial charge in [0.1, 0.15) is 5.75 Å². The molecule has 0 heterocycles. The molecule has 1 aromatic carbocycles. The maximum absolute atomic E-state index is 12.0. The molecule has 4 N–H and O–H groups in total. The lowest BCUT2D eigenvalue weighted by atomic mass is 10.1. The van der Waals surface area contributed by atoms with Gasteiger partial charge in [0.2, 0.25) is 0 Å². The van der Waals surface area contributed by atoms with Crippen LogP contribution in [0.3, 0.4) is 0 Å². The second-order valence-corrected chi connectivity index (χ2v) is 3.43. The van der Waals surface area contributed by atoms with Crippen LogP contribution < -0.4 is 5.73 Å². The monoisotopic (exact) mass is 237 g/mol. The molecule has 0 saturated heterocycles. The molecule has 0 bridgehead atoms. The van der Waals surface area contributed by atoms with Crippen molar-refractivity contribution in [1.82, 2.24) is 4.90 Å². The maximum atomic E-state index is 12.0. The first kappa shape index (κ1) is 12.8. The third kappa shape index (κ3) is 3.10. The number of hydrogen-bond acceptors (Lipinski definition) is 4. The Balaban J connectivity index is 2.91. The van der Waals surface area contributed by atoms with Gasteiger partial charge in [-0.2, -0.15) is 0 Å². The summed E-state index contributed by atoms with van der Waals surface area (Å²) in [5.74, 6) is -0.511. The minimum atomic E-state index is -0.364. The van der Waals surface area contributed by atoms with Gasteiger partial charge in [0.25, 0.3) is 5.91 Å². The molecule has 6 heteroatoms. The van der Waals surface area contributed by atoms with E-state index in [2.05, 4.69) is 5.16 Å². The number of carbonyl (C=O) groups is 1. The van der Waals surface area contributed by atoms with Gasteiger partial charge in [0.05, 0.1) is 12.1 Å². The van der Waals surface area contributed by atoms with Crippen LogP contribution in [-0.4, -0.2) is 40.0 Å². The number of para-hydroxylation sites is 1. The van der Waals surface area contributed by atoms with Crippen LogP contribution >= 0.6 is 0 Å². The van der Waals surface area contributed by atoms with E-state index in [0.717, 1.165) is 0 Å². The number of likely N-dealkylation sites (N-methyl/N-ethyl adjacent to an activating group) is 1. The van der Waals surface area contributed by atoms with Crippen molar-refractivity contribution >= 4 is 11.7 Å². The molecule has 6 nitrogen and oxygen atoms in total. The molecular weight excluding hydrogens is 222 g/mol. The Morgan fingerprint density at radius 3 is 2.65 bits per heavy atom. The predicted molar refractivity (Wildman–Crippen MR) is 63.1 cm³/mol. The maximum Gasteiger partial charge on any atom is 0.258 e. The number of nitrogens with two attached hydrogens (primary N) is 1. The fourth-order valence-corrected chi connectivity index (χ4v) is 1.38. The molecule has 0 fully saturated rings. The molecular formula is C11H15N3O3. The molecule has 0 radical (unpaired) electrons. The van der Waals surface area contributed by atoms with Crippen molar-refractivity contribution in [3.63, 3.8) is 0 Å². The fraction of sp³-hybridized carbons (Fsp3) is 0.273. The Morgan fingerprint density at radius 1 is 1.47 bits per heavy atom. The Labute approximate surface area is 99.0 Å². The number of phenols is 1. The van der Waals surface area contributed by atoms with E-state index in [1.54, 1.807) is 19.1 Å². The number of aromatic hydroxyl groups is 1. The van der Waals surface area contributed by atoms with Crippen LogP contribution in [0.15, 0.2) is 29.4 Å². The normalized spacial score (nSPS) is 11.2. The fourth-order valence-electron chi connectivity index (χ4n) is 1.38. The van der Waals surface area contributed by atoms with E-state index < -0.39 is 0 Å². The third-order valence-corrected chi connectivity index (χ3v) is 2.28. The third-order valence-electron chi connectivity index (χ3n) is 2.28. The van der Waals surface area contributed by atoms with Gasteiger partial charge >= 0.3 is 0 Å². The van der Waals surface area contributed by atoms with Crippen molar-refractivity contribution in [3.8, 4) is 5.75 Å². The van der Waals surface area contributed by atoms with Crippen molar-refractivity contribution in [2.45, 2.75) is 6.92 Å². The minimum absolute atomic E-state index is 0.0141. The number of phenolic OH excluding ortho intramolecular Hbond substituents is 1. The van der Waals surface area contributed by atoms with E-state index in [1.165, 1.54) is 17.0 Å². The summed E-state index contributed by atoms with van der Waals surface area (Å²) in [5, 5.41) is 20.8. The highest BCUT2D eigenvalue weighted by molar-refractivity contribution is 5.99. The molecule has 0 aliphatic heterocycles. The second-order valence-electron chi connectivity index (χ2n) is 3.43. The van der Waals surface area contributed by atoms with Crippen molar-refractivity contribution in [2.24, 2.45) is 10.9 Å². The number of oxime groups is 1. The summed E-state index contributed by atoms with van der Waals surface area (Å²) in [6.45, 7) is 2.17. The molecule has 0 aromatic heterocycles. The SMILES string of the molecule is CCN(CC(N)=NO)C(=O)c1ccccc1O. The number of benzene rings is 1. The van der Waals surface area contributed by atoms with Crippen LogP contribution in [0.1, 0.15) is 17.3 Å². The minimum Gasteiger partial charge on any atom is -0.507 e. The van der Waals surface area contributed by atoms with E-state index in [9.17, 15) is 9.90 Å². The molecule has 0 aliphatic carbocycles. The molecule has 1 rings (SSSR count). The summed E-state index contributed by atoms with van der Waals surface area (Å²) in [7, 11) is 0. The zero-order valence-corrected chi connectivity index (χ0v) is 9.50. The number of nitrogens with zero attached hydrogens (tertiary/aromatic N) is 2.